The highest BCUT2D eigenvalue weighted by Gasteiger charge is 2.38. The van der Waals surface area contributed by atoms with Crippen LogP contribution in [0.3, 0.4) is 0 Å². The largest absolute Gasteiger partial charge is 0.444 e. The van der Waals surface area contributed by atoms with Gasteiger partial charge in [-0.05, 0) is 26.8 Å². The second kappa shape index (κ2) is 6.60. The number of aliphatic hydroxyl groups excluding tert-OH is 1. The van der Waals surface area contributed by atoms with Crippen LogP contribution in [0.5, 0.6) is 0 Å². The van der Waals surface area contributed by atoms with Gasteiger partial charge < -0.3 is 19.6 Å². The lowest BCUT2D eigenvalue weighted by Crippen LogP contribution is -2.46. The minimum atomic E-state index is -0.764. The molecule has 1 saturated heterocycles. The first kappa shape index (κ1) is 17.9. The Morgan fingerprint density at radius 1 is 1.46 bits per heavy atom. The van der Waals surface area contributed by atoms with E-state index in [4.69, 9.17) is 4.74 Å². The van der Waals surface area contributed by atoms with Gasteiger partial charge in [0.15, 0.2) is 0 Å². The number of pyridine rings is 1. The highest BCUT2D eigenvalue weighted by Crippen LogP contribution is 2.24. The second-order valence-electron chi connectivity index (χ2n) is 6.76. The Bertz CT molecular complexity index is 613. The molecule has 1 aromatic heterocycles. The van der Waals surface area contributed by atoms with E-state index in [9.17, 15) is 20.0 Å². The van der Waals surface area contributed by atoms with Crippen molar-refractivity contribution >= 4 is 17.6 Å². The van der Waals surface area contributed by atoms with Gasteiger partial charge in [-0.25, -0.2) is 9.78 Å². The number of anilines is 1. The van der Waals surface area contributed by atoms with Crippen molar-refractivity contribution in [2.75, 3.05) is 25.0 Å². The minimum absolute atomic E-state index is 0.0964. The first-order valence-electron chi connectivity index (χ1n) is 7.58. The molecule has 2 heterocycles. The van der Waals surface area contributed by atoms with Crippen LogP contribution < -0.4 is 4.90 Å². The average molecular weight is 338 g/mol. The number of hydrogen-bond donors (Lipinski definition) is 1. The molecule has 1 amide bonds. The topological polar surface area (TPSA) is 109 Å². The number of aliphatic hydroxyl groups is 1. The van der Waals surface area contributed by atoms with Gasteiger partial charge in [-0.3, -0.25) is 10.1 Å². The molecule has 132 valence electrons. The van der Waals surface area contributed by atoms with Crippen LogP contribution in [0.4, 0.5) is 16.3 Å². The number of carbonyl (C=O) groups is 1. The molecule has 0 bridgehead atoms. The van der Waals surface area contributed by atoms with Crippen molar-refractivity contribution in [1.82, 2.24) is 9.88 Å². The first-order valence-corrected chi connectivity index (χ1v) is 7.58. The predicted octanol–water partition coefficient (Wildman–Crippen LogP) is 1.41. The van der Waals surface area contributed by atoms with Gasteiger partial charge in [0.1, 0.15) is 17.6 Å². The minimum Gasteiger partial charge on any atom is -0.444 e. The van der Waals surface area contributed by atoms with Gasteiger partial charge >= 0.3 is 6.09 Å². The summed E-state index contributed by atoms with van der Waals surface area (Å²) in [4.78, 5) is 29.5. The molecule has 0 spiro atoms. The Balaban J connectivity index is 2.06. The maximum Gasteiger partial charge on any atom is 0.410 e. The summed E-state index contributed by atoms with van der Waals surface area (Å²) in [5.74, 6) is 0.514. The lowest BCUT2D eigenvalue weighted by Gasteiger charge is -2.29. The molecule has 0 saturated carbocycles. The molecule has 1 aliphatic rings. The Morgan fingerprint density at radius 2 is 2.12 bits per heavy atom. The Labute approximate surface area is 140 Å². The number of nitro groups is 1. The number of aromatic nitrogens is 1. The number of rotatable bonds is 3. The molecule has 1 aliphatic heterocycles. The highest BCUT2D eigenvalue weighted by molar-refractivity contribution is 5.68. The number of nitrogens with zero attached hydrogens (tertiary/aromatic N) is 4. The SMILES string of the molecule is CN(C(=O)OC(C)(C)C)[C@@H]1CN(c2ccc([N+](=O)[O-])cn2)CC1O. The Kier molecular flexibility index (Phi) is 4.93. The van der Waals surface area contributed by atoms with Crippen molar-refractivity contribution < 1.29 is 19.6 Å². The fourth-order valence-electron chi connectivity index (χ4n) is 2.48. The van der Waals surface area contributed by atoms with Crippen LogP contribution in [0.2, 0.25) is 0 Å². The summed E-state index contributed by atoms with van der Waals surface area (Å²) in [5.41, 5.74) is -0.713. The fourth-order valence-corrected chi connectivity index (χ4v) is 2.48. The summed E-state index contributed by atoms with van der Waals surface area (Å²) in [5, 5.41) is 20.9. The van der Waals surface area contributed by atoms with Crippen molar-refractivity contribution in [2.45, 2.75) is 38.5 Å². The van der Waals surface area contributed by atoms with Gasteiger partial charge in [0.05, 0.1) is 17.1 Å². The van der Waals surface area contributed by atoms with Gasteiger partial charge in [-0.2, -0.15) is 0 Å². The van der Waals surface area contributed by atoms with Gasteiger partial charge in [0.2, 0.25) is 0 Å². The smallest absolute Gasteiger partial charge is 0.410 e. The Hall–Kier alpha value is -2.42. The molecular formula is C15H22N4O5. The third-order valence-corrected chi connectivity index (χ3v) is 3.71. The van der Waals surface area contributed by atoms with Gasteiger partial charge in [-0.1, -0.05) is 0 Å². The average Bonchev–Trinajstić information content (AvgIpc) is 2.86. The van der Waals surface area contributed by atoms with E-state index >= 15 is 0 Å². The van der Waals surface area contributed by atoms with Crippen LogP contribution >= 0.6 is 0 Å². The molecule has 0 radical (unpaired) electrons. The number of β-amino-alcohol motifs (C(OH)–C–C–N with tert-alkyl or cyclic N) is 1. The van der Waals surface area contributed by atoms with E-state index in [2.05, 4.69) is 4.98 Å². The standard InChI is InChI=1S/C15H22N4O5/c1-15(2,3)24-14(21)17(4)11-8-18(9-12(11)20)13-6-5-10(7-16-13)19(22)23/h5-7,11-12,20H,8-9H2,1-4H3/t11-,12?/m1/s1. The first-order chi connectivity index (χ1) is 11.1. The van der Waals surface area contributed by atoms with Crippen LogP contribution in [0, 0.1) is 10.1 Å². The molecule has 1 N–H and O–H groups in total. The van der Waals surface area contributed by atoms with E-state index in [-0.39, 0.29) is 12.2 Å². The molecule has 0 aliphatic carbocycles. The summed E-state index contributed by atoms with van der Waals surface area (Å²) < 4.78 is 5.31. The summed E-state index contributed by atoms with van der Waals surface area (Å²) >= 11 is 0. The normalized spacial score (nSPS) is 20.8. The monoisotopic (exact) mass is 338 g/mol. The second-order valence-corrected chi connectivity index (χ2v) is 6.76. The van der Waals surface area contributed by atoms with E-state index in [1.54, 1.807) is 32.7 Å². The lowest BCUT2D eigenvalue weighted by atomic mass is 10.2. The summed E-state index contributed by atoms with van der Waals surface area (Å²) in [6.07, 6.45) is -0.100. The third-order valence-electron chi connectivity index (χ3n) is 3.71. The van der Waals surface area contributed by atoms with Crippen molar-refractivity contribution in [3.05, 3.63) is 28.4 Å². The highest BCUT2D eigenvalue weighted by atomic mass is 16.6. The molecule has 2 rings (SSSR count). The maximum absolute atomic E-state index is 12.1. The summed E-state index contributed by atoms with van der Waals surface area (Å²) in [7, 11) is 1.58. The van der Waals surface area contributed by atoms with Crippen molar-refractivity contribution in [3.8, 4) is 0 Å². The predicted molar refractivity (Wildman–Crippen MR) is 86.9 cm³/mol. The summed E-state index contributed by atoms with van der Waals surface area (Å²) in [6.45, 7) is 5.97. The number of amides is 1. The zero-order valence-corrected chi connectivity index (χ0v) is 14.2. The van der Waals surface area contributed by atoms with E-state index in [0.29, 0.717) is 12.4 Å². The van der Waals surface area contributed by atoms with Gasteiger partial charge in [0.25, 0.3) is 5.69 Å². The molecule has 2 atom stereocenters. The zero-order chi connectivity index (χ0) is 18.1. The fraction of sp³-hybridized carbons (Fsp3) is 0.600. The number of carbonyl (C=O) groups excluding carboxylic acids is 1. The van der Waals surface area contributed by atoms with E-state index in [1.807, 2.05) is 0 Å². The zero-order valence-electron chi connectivity index (χ0n) is 14.2. The maximum atomic E-state index is 12.1. The Morgan fingerprint density at radius 3 is 2.62 bits per heavy atom. The molecule has 0 aromatic carbocycles. The van der Waals surface area contributed by atoms with Gasteiger partial charge in [-0.15, -0.1) is 0 Å². The summed E-state index contributed by atoms with van der Waals surface area (Å²) in [6, 6.07) is 2.44. The van der Waals surface area contributed by atoms with Crippen LogP contribution in [0.1, 0.15) is 20.8 Å². The van der Waals surface area contributed by atoms with E-state index < -0.39 is 28.8 Å². The van der Waals surface area contributed by atoms with Crippen molar-refractivity contribution in [1.29, 1.82) is 0 Å². The van der Waals surface area contributed by atoms with E-state index in [0.717, 1.165) is 0 Å². The van der Waals surface area contributed by atoms with Crippen molar-refractivity contribution in [2.24, 2.45) is 0 Å². The van der Waals surface area contributed by atoms with Crippen molar-refractivity contribution in [3.63, 3.8) is 0 Å². The van der Waals surface area contributed by atoms with Crippen LogP contribution in [-0.2, 0) is 4.74 Å². The van der Waals surface area contributed by atoms with Gasteiger partial charge in [0, 0.05) is 26.2 Å². The molecule has 1 aromatic rings. The van der Waals surface area contributed by atoms with Crippen LogP contribution in [0.15, 0.2) is 18.3 Å². The quantitative estimate of drug-likeness (QED) is 0.655. The third kappa shape index (κ3) is 4.10. The molecular weight excluding hydrogens is 316 g/mol. The van der Waals surface area contributed by atoms with Crippen LogP contribution in [-0.4, -0.2) is 63.9 Å². The molecule has 9 nitrogen and oxygen atoms in total. The molecule has 9 heteroatoms. The molecule has 24 heavy (non-hydrogen) atoms. The van der Waals surface area contributed by atoms with Crippen LogP contribution in [0.25, 0.3) is 0 Å². The lowest BCUT2D eigenvalue weighted by molar-refractivity contribution is -0.385. The molecule has 1 unspecified atom stereocenters. The molecule has 1 fully saturated rings. The number of likely N-dealkylation sites (N-methyl/N-ethyl adjacent to an activating group) is 1. The van der Waals surface area contributed by atoms with E-state index in [1.165, 1.54) is 23.2 Å². The number of ether oxygens (including phenoxy) is 1. The number of hydrogen-bond acceptors (Lipinski definition) is 7.